The van der Waals surface area contributed by atoms with Crippen molar-refractivity contribution in [3.8, 4) is 0 Å². The van der Waals surface area contributed by atoms with E-state index in [2.05, 4.69) is 5.32 Å². The normalized spacial score (nSPS) is 35.5. The van der Waals surface area contributed by atoms with Gasteiger partial charge in [0.1, 0.15) is 5.70 Å². The van der Waals surface area contributed by atoms with Gasteiger partial charge in [0.15, 0.2) is 0 Å². The van der Waals surface area contributed by atoms with Gasteiger partial charge in [-0.1, -0.05) is 0 Å². The quantitative estimate of drug-likeness (QED) is 0.696. The number of carboxylic acids is 1. The van der Waals surface area contributed by atoms with Gasteiger partial charge in [-0.15, -0.1) is 11.8 Å². The molecule has 2 unspecified atom stereocenters. The molecule has 0 saturated carbocycles. The van der Waals surface area contributed by atoms with E-state index in [0.29, 0.717) is 11.7 Å². The minimum atomic E-state index is -0.990. The number of carbonyl (C=O) groups is 2. The summed E-state index contributed by atoms with van der Waals surface area (Å²) in [6.45, 7) is 2.02. The van der Waals surface area contributed by atoms with E-state index in [1.165, 1.54) is 4.90 Å². The number of carboxylic acid groups (broad SMARTS) is 1. The standard InChI is InChI=1S/C11H14N2O3S/c14-10-4-7-9(17-6-1-2-12-5-6)3-8(11(15)16)13(7)10/h3,6-7,9,12H,1-2,4-5H2,(H,15,16)/t6?,7-,9?/m0/s1. The number of fused-ring (bicyclic) bond motifs is 1. The van der Waals surface area contributed by atoms with Crippen molar-refractivity contribution in [2.45, 2.75) is 29.4 Å². The number of carbonyl (C=O) groups excluding carboxylic acids is 1. The number of aliphatic carboxylic acids is 1. The highest BCUT2D eigenvalue weighted by Gasteiger charge is 2.50. The molecule has 0 aromatic heterocycles. The van der Waals surface area contributed by atoms with Crippen LogP contribution in [0.1, 0.15) is 12.8 Å². The van der Waals surface area contributed by atoms with Crippen LogP contribution in [-0.4, -0.2) is 51.5 Å². The largest absolute Gasteiger partial charge is 0.477 e. The first kappa shape index (κ1) is 11.1. The first-order valence-corrected chi connectivity index (χ1v) is 6.74. The summed E-state index contributed by atoms with van der Waals surface area (Å²) >= 11 is 1.80. The number of hydrogen-bond donors (Lipinski definition) is 2. The average Bonchev–Trinajstić information content (AvgIpc) is 2.84. The van der Waals surface area contributed by atoms with Crippen LogP contribution in [0.5, 0.6) is 0 Å². The van der Waals surface area contributed by atoms with Crippen LogP contribution in [-0.2, 0) is 9.59 Å². The summed E-state index contributed by atoms with van der Waals surface area (Å²) in [7, 11) is 0. The highest BCUT2D eigenvalue weighted by Crippen LogP contribution is 2.41. The fourth-order valence-corrected chi connectivity index (χ4v) is 4.15. The van der Waals surface area contributed by atoms with Crippen LogP contribution in [0.15, 0.2) is 11.8 Å². The molecule has 0 spiro atoms. The van der Waals surface area contributed by atoms with Crippen LogP contribution < -0.4 is 5.32 Å². The maximum atomic E-state index is 11.4. The molecule has 92 valence electrons. The first-order chi connectivity index (χ1) is 8.16. The predicted molar refractivity (Wildman–Crippen MR) is 63.6 cm³/mol. The maximum absolute atomic E-state index is 11.4. The molecule has 3 aliphatic heterocycles. The van der Waals surface area contributed by atoms with E-state index in [0.717, 1.165) is 19.5 Å². The fraction of sp³-hybridized carbons (Fsp3) is 0.636. The average molecular weight is 254 g/mol. The number of nitrogens with zero attached hydrogens (tertiary/aromatic N) is 1. The van der Waals surface area contributed by atoms with Gasteiger partial charge in [-0.25, -0.2) is 4.79 Å². The van der Waals surface area contributed by atoms with E-state index in [1.54, 1.807) is 17.8 Å². The Morgan fingerprint density at radius 3 is 2.94 bits per heavy atom. The highest BCUT2D eigenvalue weighted by molar-refractivity contribution is 8.00. The zero-order valence-corrected chi connectivity index (χ0v) is 10.1. The lowest BCUT2D eigenvalue weighted by Crippen LogP contribution is -2.53. The number of rotatable bonds is 3. The summed E-state index contributed by atoms with van der Waals surface area (Å²) in [6, 6.07) is 0.0826. The van der Waals surface area contributed by atoms with Gasteiger partial charge in [-0.2, -0.15) is 0 Å². The van der Waals surface area contributed by atoms with Crippen LogP contribution in [0.2, 0.25) is 0 Å². The van der Waals surface area contributed by atoms with Crippen LogP contribution in [0.4, 0.5) is 0 Å². The van der Waals surface area contributed by atoms with Crippen molar-refractivity contribution >= 4 is 23.6 Å². The zero-order valence-electron chi connectivity index (χ0n) is 9.26. The van der Waals surface area contributed by atoms with E-state index in [1.807, 2.05) is 0 Å². The number of β-lactam (4-membered cyclic amide) rings is 1. The Morgan fingerprint density at radius 1 is 1.59 bits per heavy atom. The van der Waals surface area contributed by atoms with Crippen LogP contribution in [0.25, 0.3) is 0 Å². The molecule has 5 nitrogen and oxygen atoms in total. The summed E-state index contributed by atoms with van der Waals surface area (Å²) in [6.07, 6.45) is 3.37. The molecule has 17 heavy (non-hydrogen) atoms. The molecule has 2 N–H and O–H groups in total. The van der Waals surface area contributed by atoms with Crippen LogP contribution >= 0.6 is 11.8 Å². The second-order valence-corrected chi connectivity index (χ2v) is 6.09. The van der Waals surface area contributed by atoms with Crippen LogP contribution in [0, 0.1) is 0 Å². The number of nitrogens with one attached hydrogen (secondary N) is 1. The summed E-state index contributed by atoms with van der Waals surface area (Å²) in [4.78, 5) is 23.9. The molecule has 3 aliphatic rings. The molecule has 0 aromatic rings. The molecule has 0 radical (unpaired) electrons. The SMILES string of the molecule is O=C(O)C1=CC(SC2CCNC2)[C@@H]2CC(=O)N12. The number of amides is 1. The van der Waals surface area contributed by atoms with E-state index < -0.39 is 5.97 Å². The summed E-state index contributed by atoms with van der Waals surface area (Å²) < 4.78 is 0. The molecule has 3 rings (SSSR count). The molecular formula is C11H14N2O3S. The van der Waals surface area contributed by atoms with Gasteiger partial charge in [0, 0.05) is 23.5 Å². The predicted octanol–water partition coefficient (Wildman–Crippen LogP) is 0.0331. The van der Waals surface area contributed by atoms with Crippen molar-refractivity contribution in [3.63, 3.8) is 0 Å². The van der Waals surface area contributed by atoms with Gasteiger partial charge in [-0.3, -0.25) is 4.79 Å². The third-order valence-electron chi connectivity index (χ3n) is 3.53. The molecule has 0 bridgehead atoms. The smallest absolute Gasteiger partial charge is 0.352 e. The Kier molecular flexibility index (Phi) is 2.63. The molecule has 0 aromatic carbocycles. The fourth-order valence-electron chi connectivity index (χ4n) is 2.63. The van der Waals surface area contributed by atoms with Gasteiger partial charge in [0.05, 0.1) is 6.04 Å². The molecule has 6 heteroatoms. The molecular weight excluding hydrogens is 240 g/mol. The highest BCUT2D eigenvalue weighted by atomic mass is 32.2. The lowest BCUT2D eigenvalue weighted by atomic mass is 10.0. The Morgan fingerprint density at radius 2 is 2.41 bits per heavy atom. The topological polar surface area (TPSA) is 69.6 Å². The maximum Gasteiger partial charge on any atom is 0.352 e. The Bertz CT molecular complexity index is 404. The van der Waals surface area contributed by atoms with E-state index in [-0.39, 0.29) is 22.9 Å². The molecule has 3 heterocycles. The number of hydrogen-bond acceptors (Lipinski definition) is 4. The summed E-state index contributed by atoms with van der Waals surface area (Å²) in [5.41, 5.74) is 0.176. The van der Waals surface area contributed by atoms with Crippen molar-refractivity contribution in [2.75, 3.05) is 13.1 Å². The summed E-state index contributed by atoms with van der Waals surface area (Å²) in [5.74, 6) is -1.05. The first-order valence-electron chi connectivity index (χ1n) is 5.80. The van der Waals surface area contributed by atoms with Crippen molar-refractivity contribution < 1.29 is 14.7 Å². The second kappa shape index (κ2) is 4.03. The monoisotopic (exact) mass is 254 g/mol. The molecule has 2 saturated heterocycles. The number of thioether (sulfide) groups is 1. The molecule has 0 aliphatic carbocycles. The minimum absolute atomic E-state index is 0.0590. The minimum Gasteiger partial charge on any atom is -0.477 e. The van der Waals surface area contributed by atoms with E-state index in [4.69, 9.17) is 5.11 Å². The van der Waals surface area contributed by atoms with Gasteiger partial charge < -0.3 is 15.3 Å². The molecule has 2 fully saturated rings. The van der Waals surface area contributed by atoms with Crippen molar-refractivity contribution in [1.29, 1.82) is 0 Å². The van der Waals surface area contributed by atoms with Gasteiger partial charge in [0.2, 0.25) is 5.91 Å². The van der Waals surface area contributed by atoms with Gasteiger partial charge >= 0.3 is 5.97 Å². The molecule has 3 atom stereocenters. The Balaban J connectivity index is 1.73. The van der Waals surface area contributed by atoms with Crippen LogP contribution in [0.3, 0.4) is 0 Å². The lowest BCUT2D eigenvalue weighted by Gasteiger charge is -2.38. The lowest BCUT2D eigenvalue weighted by molar-refractivity contribution is -0.147. The third kappa shape index (κ3) is 1.75. The molecule has 1 amide bonds. The second-order valence-electron chi connectivity index (χ2n) is 4.61. The summed E-state index contributed by atoms with van der Waals surface area (Å²) in [5, 5.41) is 13.0. The third-order valence-corrected chi connectivity index (χ3v) is 5.08. The Hall–Kier alpha value is -1.01. The van der Waals surface area contributed by atoms with Gasteiger partial charge in [0.25, 0.3) is 0 Å². The van der Waals surface area contributed by atoms with Crippen molar-refractivity contribution in [1.82, 2.24) is 10.2 Å². The van der Waals surface area contributed by atoms with E-state index >= 15 is 0 Å². The zero-order chi connectivity index (χ0) is 12.0. The van der Waals surface area contributed by atoms with Gasteiger partial charge in [-0.05, 0) is 19.0 Å². The van der Waals surface area contributed by atoms with Crippen molar-refractivity contribution in [3.05, 3.63) is 11.8 Å². The van der Waals surface area contributed by atoms with Crippen molar-refractivity contribution in [2.24, 2.45) is 0 Å². The van der Waals surface area contributed by atoms with E-state index in [9.17, 15) is 9.59 Å². The Labute approximate surface area is 103 Å².